The number of rotatable bonds is 4. The molecule has 0 amide bonds. The molecule has 2 aliphatic heterocycles. The third-order valence-electron chi connectivity index (χ3n) is 4.53. The number of aliphatic hydroxyl groups is 1. The molecule has 2 unspecified atom stereocenters. The van der Waals surface area contributed by atoms with Crippen LogP contribution in [0.3, 0.4) is 0 Å². The number of piperidine rings is 1. The molecule has 0 saturated carbocycles. The Morgan fingerprint density at radius 2 is 1.65 bits per heavy atom. The predicted molar refractivity (Wildman–Crippen MR) is 77.4 cm³/mol. The van der Waals surface area contributed by atoms with Crippen LogP contribution in [-0.4, -0.2) is 37.0 Å². The van der Waals surface area contributed by atoms with Crippen molar-refractivity contribution in [1.82, 2.24) is 5.32 Å². The van der Waals surface area contributed by atoms with Gasteiger partial charge in [0.25, 0.3) is 0 Å². The summed E-state index contributed by atoms with van der Waals surface area (Å²) in [6, 6.07) is 6.80. The average Bonchev–Trinajstić information content (AvgIpc) is 2.77. The van der Waals surface area contributed by atoms with E-state index in [2.05, 4.69) is 5.32 Å². The number of hydrogen-bond donors (Lipinski definition) is 2. The van der Waals surface area contributed by atoms with Gasteiger partial charge in [-0.3, -0.25) is 0 Å². The van der Waals surface area contributed by atoms with Crippen molar-refractivity contribution in [1.29, 1.82) is 0 Å². The van der Waals surface area contributed by atoms with E-state index in [1.54, 1.807) is 14.2 Å². The molecule has 2 fully saturated rings. The van der Waals surface area contributed by atoms with Crippen LogP contribution in [0.5, 0.6) is 11.5 Å². The summed E-state index contributed by atoms with van der Waals surface area (Å²) in [5.74, 6) is 1.56. The van der Waals surface area contributed by atoms with E-state index in [0.717, 1.165) is 29.9 Å². The van der Waals surface area contributed by atoms with Gasteiger partial charge in [-0.25, -0.2) is 0 Å². The Balaban J connectivity index is 1.79. The zero-order valence-electron chi connectivity index (χ0n) is 12.2. The Morgan fingerprint density at radius 3 is 2.15 bits per heavy atom. The Kier molecular flexibility index (Phi) is 3.61. The molecule has 3 rings (SSSR count). The van der Waals surface area contributed by atoms with Gasteiger partial charge in [-0.15, -0.1) is 0 Å². The van der Waals surface area contributed by atoms with Crippen molar-refractivity contribution < 1.29 is 14.6 Å². The topological polar surface area (TPSA) is 50.7 Å². The maximum atomic E-state index is 10.9. The van der Waals surface area contributed by atoms with Gasteiger partial charge in [0.15, 0.2) is 0 Å². The molecule has 0 aliphatic carbocycles. The van der Waals surface area contributed by atoms with E-state index in [1.165, 1.54) is 12.8 Å². The smallest absolute Gasteiger partial charge is 0.122 e. The zero-order valence-corrected chi connectivity index (χ0v) is 12.2. The molecule has 1 aromatic rings. The maximum Gasteiger partial charge on any atom is 0.122 e. The van der Waals surface area contributed by atoms with Gasteiger partial charge in [0, 0.05) is 24.6 Å². The second-order valence-corrected chi connectivity index (χ2v) is 6.17. The summed E-state index contributed by atoms with van der Waals surface area (Å²) in [6.07, 6.45) is 4.71. The van der Waals surface area contributed by atoms with Gasteiger partial charge >= 0.3 is 0 Å². The van der Waals surface area contributed by atoms with Gasteiger partial charge in [-0.1, -0.05) is 0 Å². The van der Waals surface area contributed by atoms with E-state index in [4.69, 9.17) is 9.47 Å². The number of fused-ring (bicyclic) bond motifs is 2. The van der Waals surface area contributed by atoms with Crippen LogP contribution in [0.2, 0.25) is 0 Å². The van der Waals surface area contributed by atoms with Gasteiger partial charge in [-0.05, 0) is 43.4 Å². The molecular formula is C16H23NO3. The maximum absolute atomic E-state index is 10.9. The fraction of sp³-hybridized carbons (Fsp3) is 0.625. The minimum Gasteiger partial charge on any atom is -0.497 e. The highest BCUT2D eigenvalue weighted by molar-refractivity contribution is 5.39. The third-order valence-corrected chi connectivity index (χ3v) is 4.53. The molecule has 2 atom stereocenters. The fourth-order valence-corrected chi connectivity index (χ4v) is 3.72. The number of benzene rings is 1. The monoisotopic (exact) mass is 277 g/mol. The van der Waals surface area contributed by atoms with Crippen molar-refractivity contribution in [2.75, 3.05) is 14.2 Å². The Hall–Kier alpha value is -1.26. The van der Waals surface area contributed by atoms with Crippen LogP contribution in [0.25, 0.3) is 0 Å². The summed E-state index contributed by atoms with van der Waals surface area (Å²) < 4.78 is 10.6. The summed E-state index contributed by atoms with van der Waals surface area (Å²) in [5, 5.41) is 14.5. The summed E-state index contributed by atoms with van der Waals surface area (Å²) in [4.78, 5) is 0. The third kappa shape index (κ3) is 2.76. The molecule has 4 heteroatoms. The van der Waals surface area contributed by atoms with Crippen molar-refractivity contribution >= 4 is 0 Å². The number of nitrogens with one attached hydrogen (secondary N) is 1. The highest BCUT2D eigenvalue weighted by atomic mass is 16.5. The molecule has 2 bridgehead atoms. The van der Waals surface area contributed by atoms with Crippen LogP contribution in [0.15, 0.2) is 18.2 Å². The Bertz CT molecular complexity index is 454. The zero-order chi connectivity index (χ0) is 14.2. The number of hydrogen-bond acceptors (Lipinski definition) is 4. The van der Waals surface area contributed by atoms with Gasteiger partial charge in [-0.2, -0.15) is 0 Å². The second-order valence-electron chi connectivity index (χ2n) is 6.17. The van der Waals surface area contributed by atoms with Gasteiger partial charge in [0.1, 0.15) is 11.5 Å². The van der Waals surface area contributed by atoms with Gasteiger partial charge in [0.05, 0.1) is 19.8 Å². The highest BCUT2D eigenvalue weighted by Gasteiger charge is 2.42. The molecule has 2 heterocycles. The Labute approximate surface area is 120 Å². The van der Waals surface area contributed by atoms with Crippen LogP contribution in [0, 0.1) is 0 Å². The summed E-state index contributed by atoms with van der Waals surface area (Å²) in [5.41, 5.74) is 0.471. The lowest BCUT2D eigenvalue weighted by Gasteiger charge is -2.37. The summed E-state index contributed by atoms with van der Waals surface area (Å²) in [7, 11) is 3.30. The highest BCUT2D eigenvalue weighted by Crippen LogP contribution is 2.37. The van der Waals surface area contributed by atoms with E-state index in [9.17, 15) is 5.11 Å². The van der Waals surface area contributed by atoms with E-state index >= 15 is 0 Å². The average molecular weight is 277 g/mol. The molecule has 0 radical (unpaired) electrons. The Morgan fingerprint density at radius 1 is 1.10 bits per heavy atom. The number of ether oxygens (including phenoxy) is 2. The van der Waals surface area contributed by atoms with Crippen LogP contribution < -0.4 is 14.8 Å². The predicted octanol–water partition coefficient (Wildman–Crippen LogP) is 1.89. The minimum absolute atomic E-state index is 0.478. The summed E-state index contributed by atoms with van der Waals surface area (Å²) in [6.45, 7) is 0. The largest absolute Gasteiger partial charge is 0.497 e. The van der Waals surface area contributed by atoms with E-state index in [0.29, 0.717) is 18.5 Å². The lowest BCUT2D eigenvalue weighted by Crippen LogP contribution is -2.49. The molecule has 1 aromatic carbocycles. The van der Waals surface area contributed by atoms with Crippen LogP contribution in [0.1, 0.15) is 31.2 Å². The lowest BCUT2D eigenvalue weighted by molar-refractivity contribution is -0.00612. The van der Waals surface area contributed by atoms with Crippen molar-refractivity contribution in [3.05, 3.63) is 23.8 Å². The SMILES string of the molecule is COc1cc(CC2(O)CC3CCC(C2)N3)cc(OC)c1. The molecule has 0 aromatic heterocycles. The fourth-order valence-electron chi connectivity index (χ4n) is 3.72. The molecule has 4 nitrogen and oxygen atoms in total. The second kappa shape index (κ2) is 5.26. The van der Waals surface area contributed by atoms with Gasteiger partial charge < -0.3 is 19.9 Å². The molecular weight excluding hydrogens is 254 g/mol. The van der Waals surface area contributed by atoms with Crippen molar-refractivity contribution in [2.24, 2.45) is 0 Å². The molecule has 2 N–H and O–H groups in total. The first-order chi connectivity index (χ1) is 9.60. The minimum atomic E-state index is -0.603. The standard InChI is InChI=1S/C16H23NO3/c1-19-14-5-11(6-15(7-14)20-2)8-16(18)9-12-3-4-13(10-16)17-12/h5-7,12-13,17-18H,3-4,8-10H2,1-2H3. The van der Waals surface area contributed by atoms with Crippen LogP contribution in [0.4, 0.5) is 0 Å². The van der Waals surface area contributed by atoms with Gasteiger partial charge in [0.2, 0.25) is 0 Å². The summed E-state index contributed by atoms with van der Waals surface area (Å²) >= 11 is 0. The van der Waals surface area contributed by atoms with Crippen molar-refractivity contribution in [2.45, 2.75) is 49.8 Å². The molecule has 110 valence electrons. The van der Waals surface area contributed by atoms with Crippen molar-refractivity contribution in [3.63, 3.8) is 0 Å². The lowest BCUT2D eigenvalue weighted by atomic mass is 9.82. The molecule has 20 heavy (non-hydrogen) atoms. The molecule has 2 saturated heterocycles. The first-order valence-corrected chi connectivity index (χ1v) is 7.30. The van der Waals surface area contributed by atoms with Crippen LogP contribution >= 0.6 is 0 Å². The molecule has 2 aliphatic rings. The number of methoxy groups -OCH3 is 2. The van der Waals surface area contributed by atoms with E-state index < -0.39 is 5.60 Å². The van der Waals surface area contributed by atoms with Crippen LogP contribution in [-0.2, 0) is 6.42 Å². The first-order valence-electron chi connectivity index (χ1n) is 7.30. The van der Waals surface area contributed by atoms with E-state index in [1.807, 2.05) is 18.2 Å². The molecule has 0 spiro atoms. The van der Waals surface area contributed by atoms with E-state index in [-0.39, 0.29) is 0 Å². The first kappa shape index (κ1) is 13.7. The van der Waals surface area contributed by atoms with Crippen molar-refractivity contribution in [3.8, 4) is 11.5 Å². The normalized spacial score (nSPS) is 32.1. The quantitative estimate of drug-likeness (QED) is 0.882.